The topological polar surface area (TPSA) is 81.0 Å². The molecule has 0 saturated carbocycles. The fraction of sp³-hybridized carbons (Fsp3) is 0.917. The summed E-state index contributed by atoms with van der Waals surface area (Å²) in [6, 6.07) is 0. The lowest BCUT2D eigenvalue weighted by molar-refractivity contribution is -0.257. The normalized spacial score (nSPS) is 23.7. The highest BCUT2D eigenvalue weighted by molar-refractivity contribution is 5.66. The van der Waals surface area contributed by atoms with Gasteiger partial charge < -0.3 is 15.4 Å². The number of aliphatic hydroxyl groups excluding tert-OH is 1. The average molecular weight is 247 g/mol. The van der Waals surface area contributed by atoms with E-state index in [0.717, 1.165) is 0 Å². The van der Waals surface area contributed by atoms with Crippen LogP contribution in [0.2, 0.25) is 0 Å². The van der Waals surface area contributed by atoms with E-state index < -0.39 is 5.97 Å². The molecule has 5 heteroatoms. The van der Waals surface area contributed by atoms with Crippen LogP contribution in [0, 0.1) is 0 Å². The molecule has 5 nitrogen and oxygen atoms in total. The Hall–Kier alpha value is -0.650. The standard InChI is InChI=1S/C9H19NO2.C3H6O2/c1-8(2)5-7(11)6-9(3,4)10(8)12;1-2-3(4)5/h7,11-12H,5-6H2,1-4H3;2H2,1H3,(H,4,5). The first-order valence-electron chi connectivity index (χ1n) is 5.92. The third kappa shape index (κ3) is 5.02. The van der Waals surface area contributed by atoms with Crippen molar-refractivity contribution in [2.45, 2.75) is 71.1 Å². The fourth-order valence-corrected chi connectivity index (χ4v) is 2.22. The van der Waals surface area contributed by atoms with E-state index in [9.17, 15) is 15.1 Å². The largest absolute Gasteiger partial charge is 0.481 e. The van der Waals surface area contributed by atoms with Crippen LogP contribution in [0.5, 0.6) is 0 Å². The van der Waals surface area contributed by atoms with Crippen LogP contribution in [0.3, 0.4) is 0 Å². The van der Waals surface area contributed by atoms with Crippen molar-refractivity contribution in [3.05, 3.63) is 0 Å². The Morgan fingerprint density at radius 1 is 1.24 bits per heavy atom. The summed E-state index contributed by atoms with van der Waals surface area (Å²) in [5, 5.41) is 28.5. The quantitative estimate of drug-likeness (QED) is 0.659. The van der Waals surface area contributed by atoms with Crippen molar-refractivity contribution in [1.29, 1.82) is 0 Å². The second-order valence-electron chi connectivity index (χ2n) is 5.75. The van der Waals surface area contributed by atoms with Gasteiger partial charge in [-0.15, -0.1) is 0 Å². The monoisotopic (exact) mass is 247 g/mol. The van der Waals surface area contributed by atoms with Crippen molar-refractivity contribution in [2.24, 2.45) is 0 Å². The van der Waals surface area contributed by atoms with Gasteiger partial charge in [0.2, 0.25) is 0 Å². The van der Waals surface area contributed by atoms with Gasteiger partial charge in [-0.05, 0) is 40.5 Å². The van der Waals surface area contributed by atoms with Gasteiger partial charge in [-0.3, -0.25) is 4.79 Å². The number of aliphatic hydroxyl groups is 1. The first-order valence-corrected chi connectivity index (χ1v) is 5.92. The molecule has 102 valence electrons. The maximum absolute atomic E-state index is 9.80. The number of carbonyl (C=O) groups is 1. The van der Waals surface area contributed by atoms with Gasteiger partial charge in [-0.2, -0.15) is 5.06 Å². The Balaban J connectivity index is 0.000000437. The molecule has 0 atom stereocenters. The number of carboxylic acids is 1. The van der Waals surface area contributed by atoms with Crippen LogP contribution in [0.4, 0.5) is 0 Å². The molecule has 17 heavy (non-hydrogen) atoms. The summed E-state index contributed by atoms with van der Waals surface area (Å²) in [5.74, 6) is -0.745. The molecule has 1 heterocycles. The smallest absolute Gasteiger partial charge is 0.303 e. The summed E-state index contributed by atoms with van der Waals surface area (Å²) in [6.07, 6.45) is 1.19. The minimum atomic E-state index is -0.745. The summed E-state index contributed by atoms with van der Waals surface area (Å²) < 4.78 is 0. The van der Waals surface area contributed by atoms with E-state index in [1.807, 2.05) is 27.7 Å². The van der Waals surface area contributed by atoms with Crippen LogP contribution < -0.4 is 0 Å². The molecule has 0 aromatic heterocycles. The van der Waals surface area contributed by atoms with Crippen LogP contribution in [-0.2, 0) is 4.79 Å². The van der Waals surface area contributed by atoms with Gasteiger partial charge in [-0.1, -0.05) is 6.92 Å². The minimum Gasteiger partial charge on any atom is -0.481 e. The molecule has 0 aromatic rings. The average Bonchev–Trinajstić information content (AvgIpc) is 2.13. The van der Waals surface area contributed by atoms with E-state index in [-0.39, 0.29) is 23.6 Å². The molecule has 0 spiro atoms. The number of piperidine rings is 1. The van der Waals surface area contributed by atoms with E-state index in [1.54, 1.807) is 6.92 Å². The SMILES string of the molecule is CC1(C)CC(O)CC(C)(C)N1O.CCC(=O)O. The van der Waals surface area contributed by atoms with Crippen molar-refractivity contribution in [3.8, 4) is 0 Å². The number of hydroxylamine groups is 2. The number of rotatable bonds is 1. The maximum Gasteiger partial charge on any atom is 0.303 e. The van der Waals surface area contributed by atoms with E-state index in [0.29, 0.717) is 12.8 Å². The fourth-order valence-electron chi connectivity index (χ4n) is 2.22. The number of carboxylic acid groups (broad SMARTS) is 1. The summed E-state index contributed by atoms with van der Waals surface area (Å²) >= 11 is 0. The van der Waals surface area contributed by atoms with Crippen LogP contribution >= 0.6 is 0 Å². The van der Waals surface area contributed by atoms with Crippen LogP contribution in [0.15, 0.2) is 0 Å². The second kappa shape index (κ2) is 5.80. The molecule has 1 rings (SSSR count). The molecule has 0 aromatic carbocycles. The lowest BCUT2D eigenvalue weighted by Crippen LogP contribution is -2.60. The van der Waals surface area contributed by atoms with Gasteiger partial charge in [-0.25, -0.2) is 0 Å². The zero-order chi connectivity index (χ0) is 13.9. The molecule has 1 aliphatic rings. The van der Waals surface area contributed by atoms with E-state index in [1.165, 1.54) is 5.06 Å². The highest BCUT2D eigenvalue weighted by Crippen LogP contribution is 2.36. The Morgan fingerprint density at radius 3 is 1.76 bits per heavy atom. The van der Waals surface area contributed by atoms with Crippen molar-refractivity contribution in [3.63, 3.8) is 0 Å². The molecule has 1 saturated heterocycles. The third-order valence-corrected chi connectivity index (χ3v) is 2.92. The first-order chi connectivity index (χ1) is 7.53. The van der Waals surface area contributed by atoms with Gasteiger partial charge in [0.05, 0.1) is 6.10 Å². The predicted octanol–water partition coefficient (Wildman–Crippen LogP) is 1.87. The predicted molar refractivity (Wildman–Crippen MR) is 65.0 cm³/mol. The molecular formula is C12H25NO4. The molecule has 0 amide bonds. The third-order valence-electron chi connectivity index (χ3n) is 2.92. The maximum atomic E-state index is 9.80. The van der Waals surface area contributed by atoms with Gasteiger partial charge >= 0.3 is 5.97 Å². The summed E-state index contributed by atoms with van der Waals surface area (Å²) in [4.78, 5) is 9.37. The van der Waals surface area contributed by atoms with Crippen molar-refractivity contribution < 1.29 is 20.2 Å². The Labute approximate surface area is 103 Å². The van der Waals surface area contributed by atoms with Crippen molar-refractivity contribution in [2.75, 3.05) is 0 Å². The summed E-state index contributed by atoms with van der Waals surface area (Å²) in [5.41, 5.74) is -0.637. The molecule has 0 aliphatic carbocycles. The van der Waals surface area contributed by atoms with Crippen LogP contribution in [0.25, 0.3) is 0 Å². The first kappa shape index (κ1) is 16.4. The molecule has 0 unspecified atom stereocenters. The van der Waals surface area contributed by atoms with E-state index in [2.05, 4.69) is 0 Å². The highest BCUT2D eigenvalue weighted by atomic mass is 16.5. The number of aliphatic carboxylic acids is 1. The molecule has 1 fully saturated rings. The molecule has 0 radical (unpaired) electrons. The zero-order valence-electron chi connectivity index (χ0n) is 11.4. The highest BCUT2D eigenvalue weighted by Gasteiger charge is 2.44. The van der Waals surface area contributed by atoms with Gasteiger partial charge in [0.25, 0.3) is 0 Å². The number of nitrogens with zero attached hydrogens (tertiary/aromatic N) is 1. The minimum absolute atomic E-state index is 0.222. The molecular weight excluding hydrogens is 222 g/mol. The van der Waals surface area contributed by atoms with Gasteiger partial charge in [0.15, 0.2) is 0 Å². The van der Waals surface area contributed by atoms with Gasteiger partial charge in [0.1, 0.15) is 0 Å². The van der Waals surface area contributed by atoms with Crippen molar-refractivity contribution in [1.82, 2.24) is 5.06 Å². The number of hydrogen-bond acceptors (Lipinski definition) is 4. The zero-order valence-corrected chi connectivity index (χ0v) is 11.4. The lowest BCUT2D eigenvalue weighted by Gasteiger charge is -2.50. The Morgan fingerprint density at radius 2 is 1.53 bits per heavy atom. The Kier molecular flexibility index (Phi) is 5.58. The molecule has 3 N–H and O–H groups in total. The second-order valence-corrected chi connectivity index (χ2v) is 5.75. The van der Waals surface area contributed by atoms with Gasteiger partial charge in [0, 0.05) is 17.5 Å². The number of hydrogen-bond donors (Lipinski definition) is 3. The van der Waals surface area contributed by atoms with Crippen molar-refractivity contribution >= 4 is 5.97 Å². The van der Waals surface area contributed by atoms with Crippen LogP contribution in [-0.4, -0.2) is 43.6 Å². The van der Waals surface area contributed by atoms with E-state index in [4.69, 9.17) is 5.11 Å². The lowest BCUT2D eigenvalue weighted by atomic mass is 9.80. The van der Waals surface area contributed by atoms with E-state index >= 15 is 0 Å². The Bertz CT molecular complexity index is 245. The molecule has 0 bridgehead atoms. The summed E-state index contributed by atoms with van der Waals surface area (Å²) in [6.45, 7) is 9.37. The van der Waals surface area contributed by atoms with Crippen LogP contribution in [0.1, 0.15) is 53.9 Å². The summed E-state index contributed by atoms with van der Waals surface area (Å²) in [7, 11) is 0. The molecule has 1 aliphatic heterocycles.